The van der Waals surface area contributed by atoms with Gasteiger partial charge in [-0.15, -0.1) is 0 Å². The third kappa shape index (κ3) is 8.73. The van der Waals surface area contributed by atoms with Gasteiger partial charge in [0, 0.05) is 5.70 Å². The molecule has 0 aliphatic heterocycles. The van der Waals surface area contributed by atoms with Crippen molar-refractivity contribution in [2.75, 3.05) is 0 Å². The van der Waals surface area contributed by atoms with Crippen molar-refractivity contribution >= 4 is 5.57 Å². The van der Waals surface area contributed by atoms with Gasteiger partial charge in [-0.1, -0.05) is 107 Å². The summed E-state index contributed by atoms with van der Waals surface area (Å²) in [6.45, 7) is 10.3. The van der Waals surface area contributed by atoms with Crippen LogP contribution in [0.25, 0.3) is 16.7 Å². The lowest BCUT2D eigenvalue weighted by Gasteiger charge is -2.09. The van der Waals surface area contributed by atoms with Crippen LogP contribution in [0.1, 0.15) is 82.3 Å². The highest BCUT2D eigenvalue weighted by molar-refractivity contribution is 5.69. The summed E-state index contributed by atoms with van der Waals surface area (Å²) in [6, 6.07) is 17.9. The number of rotatable bonds is 14. The molecular weight excluding hydrogens is 350 g/mol. The average molecular weight is 390 g/mol. The molecule has 0 aliphatic carbocycles. The molecule has 29 heavy (non-hydrogen) atoms. The highest BCUT2D eigenvalue weighted by Gasteiger charge is 2.03. The Hall–Kier alpha value is -2.28. The lowest BCUT2D eigenvalue weighted by atomic mass is 9.97. The molecule has 2 aromatic rings. The van der Waals surface area contributed by atoms with E-state index in [0.29, 0.717) is 0 Å². The van der Waals surface area contributed by atoms with Crippen LogP contribution in [-0.4, -0.2) is 0 Å². The standard InChI is InChI=1S/C28H39N/c1-4-5-6-7-8-9-10-14-25-15-17-27(18-16-25)28-21-19-26(20-22-28)23(2)12-11-13-24(3)29/h15-22H,2-14,29H2,1H3. The van der Waals surface area contributed by atoms with Crippen LogP contribution in [0, 0.1) is 0 Å². The van der Waals surface area contributed by atoms with Gasteiger partial charge in [0.1, 0.15) is 0 Å². The second-order valence-electron chi connectivity index (χ2n) is 8.26. The molecule has 0 saturated heterocycles. The monoisotopic (exact) mass is 389 g/mol. The molecule has 156 valence electrons. The van der Waals surface area contributed by atoms with Crippen LogP contribution in [0.3, 0.4) is 0 Å². The maximum absolute atomic E-state index is 5.64. The average Bonchev–Trinajstić information content (AvgIpc) is 2.73. The molecule has 0 atom stereocenters. The van der Waals surface area contributed by atoms with Crippen LogP contribution in [0.2, 0.25) is 0 Å². The van der Waals surface area contributed by atoms with Gasteiger partial charge in [-0.25, -0.2) is 0 Å². The van der Waals surface area contributed by atoms with E-state index in [-0.39, 0.29) is 0 Å². The first kappa shape index (κ1) is 23.0. The molecular formula is C28H39N. The minimum Gasteiger partial charge on any atom is -0.403 e. The summed E-state index contributed by atoms with van der Waals surface area (Å²) < 4.78 is 0. The smallest absolute Gasteiger partial charge is 0.000755 e. The summed E-state index contributed by atoms with van der Waals surface area (Å²) in [4.78, 5) is 0. The number of aryl methyl sites for hydroxylation is 1. The Kier molecular flexibility index (Phi) is 10.3. The zero-order valence-electron chi connectivity index (χ0n) is 18.4. The van der Waals surface area contributed by atoms with Crippen molar-refractivity contribution in [3.05, 3.63) is 78.5 Å². The van der Waals surface area contributed by atoms with Crippen molar-refractivity contribution in [1.82, 2.24) is 0 Å². The summed E-state index contributed by atoms with van der Waals surface area (Å²) in [5.41, 5.74) is 12.8. The molecule has 0 unspecified atom stereocenters. The van der Waals surface area contributed by atoms with Gasteiger partial charge in [0.05, 0.1) is 0 Å². The Labute approximate surface area is 178 Å². The highest BCUT2D eigenvalue weighted by Crippen LogP contribution is 2.25. The van der Waals surface area contributed by atoms with Crippen LogP contribution in [0.15, 0.2) is 67.4 Å². The molecule has 1 heteroatoms. The Morgan fingerprint density at radius 3 is 1.83 bits per heavy atom. The van der Waals surface area contributed by atoms with E-state index in [4.69, 9.17) is 5.73 Å². The highest BCUT2D eigenvalue weighted by atomic mass is 14.5. The molecule has 0 amide bonds. The van der Waals surface area contributed by atoms with E-state index in [9.17, 15) is 0 Å². The summed E-state index contributed by atoms with van der Waals surface area (Å²) in [7, 11) is 0. The van der Waals surface area contributed by atoms with E-state index in [1.807, 2.05) is 0 Å². The maximum atomic E-state index is 5.64. The first-order valence-electron chi connectivity index (χ1n) is 11.4. The van der Waals surface area contributed by atoms with Crippen molar-refractivity contribution in [2.45, 2.75) is 77.6 Å². The minimum absolute atomic E-state index is 0.753. The van der Waals surface area contributed by atoms with Gasteiger partial charge in [0.2, 0.25) is 0 Å². The zero-order chi connectivity index (χ0) is 20.9. The van der Waals surface area contributed by atoms with Gasteiger partial charge >= 0.3 is 0 Å². The van der Waals surface area contributed by atoms with Crippen LogP contribution >= 0.6 is 0 Å². The van der Waals surface area contributed by atoms with E-state index in [1.165, 1.54) is 79.2 Å². The lowest BCUT2D eigenvalue weighted by molar-refractivity contribution is 0.589. The van der Waals surface area contributed by atoms with E-state index in [2.05, 4.69) is 68.6 Å². The number of allylic oxidation sites excluding steroid dienone is 2. The van der Waals surface area contributed by atoms with Gasteiger partial charge < -0.3 is 5.73 Å². The summed E-state index contributed by atoms with van der Waals surface area (Å²) in [5.74, 6) is 0. The van der Waals surface area contributed by atoms with Crippen molar-refractivity contribution in [1.29, 1.82) is 0 Å². The molecule has 0 aliphatic rings. The number of benzene rings is 2. The maximum Gasteiger partial charge on any atom is 0.000755 e. The van der Waals surface area contributed by atoms with Gasteiger partial charge in [0.25, 0.3) is 0 Å². The Morgan fingerprint density at radius 2 is 1.24 bits per heavy atom. The second-order valence-corrected chi connectivity index (χ2v) is 8.26. The van der Waals surface area contributed by atoms with E-state index in [0.717, 1.165) is 25.0 Å². The van der Waals surface area contributed by atoms with Gasteiger partial charge in [-0.05, 0) is 59.9 Å². The number of hydrogen-bond donors (Lipinski definition) is 1. The molecule has 0 radical (unpaired) electrons. The summed E-state index contributed by atoms with van der Waals surface area (Å²) in [5, 5.41) is 0. The third-order valence-corrected chi connectivity index (χ3v) is 5.63. The molecule has 2 N–H and O–H groups in total. The second kappa shape index (κ2) is 13.0. The predicted octanol–water partition coefficient (Wildman–Crippen LogP) is 8.30. The van der Waals surface area contributed by atoms with E-state index < -0.39 is 0 Å². The quantitative estimate of drug-likeness (QED) is 0.323. The Bertz CT molecular complexity index is 737. The Balaban J connectivity index is 1.79. The van der Waals surface area contributed by atoms with Crippen molar-refractivity contribution in [2.24, 2.45) is 5.73 Å². The molecule has 2 rings (SSSR count). The SMILES string of the molecule is C=C(N)CCCC(=C)c1ccc(-c2ccc(CCCCCCCCC)cc2)cc1. The fraction of sp³-hybridized carbons (Fsp3) is 0.429. The topological polar surface area (TPSA) is 26.0 Å². The lowest BCUT2D eigenvalue weighted by Crippen LogP contribution is -1.94. The minimum atomic E-state index is 0.753. The zero-order valence-corrected chi connectivity index (χ0v) is 18.4. The largest absolute Gasteiger partial charge is 0.403 e. The van der Waals surface area contributed by atoms with Crippen molar-refractivity contribution < 1.29 is 0 Å². The molecule has 0 saturated carbocycles. The van der Waals surface area contributed by atoms with E-state index in [1.54, 1.807) is 0 Å². The molecule has 1 nitrogen and oxygen atoms in total. The van der Waals surface area contributed by atoms with E-state index >= 15 is 0 Å². The van der Waals surface area contributed by atoms with Gasteiger partial charge in [0.15, 0.2) is 0 Å². The number of nitrogens with two attached hydrogens (primary N) is 1. The molecule has 0 fully saturated rings. The van der Waals surface area contributed by atoms with Crippen LogP contribution in [-0.2, 0) is 6.42 Å². The molecule has 0 bridgehead atoms. The van der Waals surface area contributed by atoms with Crippen LogP contribution < -0.4 is 5.73 Å². The van der Waals surface area contributed by atoms with Crippen LogP contribution in [0.5, 0.6) is 0 Å². The normalized spacial score (nSPS) is 10.8. The molecule has 2 aromatic carbocycles. The third-order valence-electron chi connectivity index (χ3n) is 5.63. The fourth-order valence-electron chi connectivity index (χ4n) is 3.72. The molecule has 0 aromatic heterocycles. The van der Waals surface area contributed by atoms with Crippen LogP contribution in [0.4, 0.5) is 0 Å². The van der Waals surface area contributed by atoms with Gasteiger partial charge in [-0.2, -0.15) is 0 Å². The number of hydrogen-bond acceptors (Lipinski definition) is 1. The van der Waals surface area contributed by atoms with Crippen molar-refractivity contribution in [3.63, 3.8) is 0 Å². The summed E-state index contributed by atoms with van der Waals surface area (Å²) in [6.07, 6.45) is 13.6. The first-order chi connectivity index (χ1) is 14.1. The Morgan fingerprint density at radius 1 is 0.690 bits per heavy atom. The number of unbranched alkanes of at least 4 members (excludes halogenated alkanes) is 6. The first-order valence-corrected chi connectivity index (χ1v) is 11.4. The summed E-state index contributed by atoms with van der Waals surface area (Å²) >= 11 is 0. The molecule has 0 heterocycles. The fourth-order valence-corrected chi connectivity index (χ4v) is 3.72. The van der Waals surface area contributed by atoms with Gasteiger partial charge in [-0.3, -0.25) is 0 Å². The molecule has 0 spiro atoms. The predicted molar refractivity (Wildman–Crippen MR) is 130 cm³/mol. The van der Waals surface area contributed by atoms with Crippen molar-refractivity contribution in [3.8, 4) is 11.1 Å².